The van der Waals surface area contributed by atoms with Gasteiger partial charge < -0.3 is 10.4 Å². The van der Waals surface area contributed by atoms with Crippen molar-refractivity contribution in [1.29, 1.82) is 0 Å². The van der Waals surface area contributed by atoms with Gasteiger partial charge >= 0.3 is 0 Å². The molecule has 1 aromatic rings. The van der Waals surface area contributed by atoms with Crippen LogP contribution in [0.25, 0.3) is 0 Å². The Kier molecular flexibility index (Phi) is 7.58. The number of benzene rings is 1. The molecule has 2 nitrogen and oxygen atoms in total. The maximum Gasteiger partial charge on any atom is 0.0692 e. The number of rotatable bonds is 7. The van der Waals surface area contributed by atoms with Crippen molar-refractivity contribution in [3.63, 3.8) is 0 Å². The highest BCUT2D eigenvalue weighted by atomic mass is 79.9. The predicted molar refractivity (Wildman–Crippen MR) is 88.3 cm³/mol. The standard InChI is InChI=1S/C15H23Br2NO/c1-4-11(5-2)15(19)9-18-10(3)13-7-6-12(16)8-14(13)17/h6-8,10-11,15,18-19H,4-5,9H2,1-3H3. The van der Waals surface area contributed by atoms with E-state index in [2.05, 4.69) is 64.0 Å². The molecule has 0 aliphatic carbocycles. The summed E-state index contributed by atoms with van der Waals surface area (Å²) < 4.78 is 2.14. The van der Waals surface area contributed by atoms with Gasteiger partial charge in [0.05, 0.1) is 6.10 Å². The molecule has 108 valence electrons. The molecule has 19 heavy (non-hydrogen) atoms. The summed E-state index contributed by atoms with van der Waals surface area (Å²) in [5.74, 6) is 0.382. The molecule has 4 heteroatoms. The largest absolute Gasteiger partial charge is 0.392 e. The van der Waals surface area contributed by atoms with Crippen molar-refractivity contribution in [1.82, 2.24) is 5.32 Å². The Hall–Kier alpha value is 0.1000. The molecule has 0 heterocycles. The molecule has 0 fully saturated rings. The van der Waals surface area contributed by atoms with Crippen LogP contribution in [0.3, 0.4) is 0 Å². The summed E-state index contributed by atoms with van der Waals surface area (Å²) in [6.07, 6.45) is 1.78. The van der Waals surface area contributed by atoms with Crippen LogP contribution in [0.5, 0.6) is 0 Å². The molecule has 0 saturated carbocycles. The molecule has 0 bridgehead atoms. The lowest BCUT2D eigenvalue weighted by Crippen LogP contribution is -2.34. The molecule has 2 N–H and O–H groups in total. The molecule has 0 amide bonds. The molecule has 0 radical (unpaired) electrons. The van der Waals surface area contributed by atoms with Gasteiger partial charge in [-0.05, 0) is 30.5 Å². The predicted octanol–water partition coefficient (Wildman–Crippen LogP) is 4.66. The van der Waals surface area contributed by atoms with Crippen molar-refractivity contribution < 1.29 is 5.11 Å². The smallest absolute Gasteiger partial charge is 0.0692 e. The highest BCUT2D eigenvalue weighted by Gasteiger charge is 2.17. The van der Waals surface area contributed by atoms with Crippen molar-refractivity contribution >= 4 is 31.9 Å². The summed E-state index contributed by atoms with van der Waals surface area (Å²) in [5, 5.41) is 13.5. The van der Waals surface area contributed by atoms with Gasteiger partial charge in [-0.3, -0.25) is 0 Å². The van der Waals surface area contributed by atoms with Crippen LogP contribution in [0.2, 0.25) is 0 Å². The van der Waals surface area contributed by atoms with Crippen LogP contribution >= 0.6 is 31.9 Å². The summed E-state index contributed by atoms with van der Waals surface area (Å²) in [5.41, 5.74) is 1.21. The Morgan fingerprint density at radius 2 is 1.84 bits per heavy atom. The van der Waals surface area contributed by atoms with Crippen LogP contribution < -0.4 is 5.32 Å². The quantitative estimate of drug-likeness (QED) is 0.707. The van der Waals surface area contributed by atoms with Gasteiger partial charge in [-0.15, -0.1) is 0 Å². The Morgan fingerprint density at radius 3 is 2.37 bits per heavy atom. The van der Waals surface area contributed by atoms with Gasteiger partial charge in [0.1, 0.15) is 0 Å². The summed E-state index contributed by atoms with van der Waals surface area (Å²) in [4.78, 5) is 0. The zero-order valence-electron chi connectivity index (χ0n) is 11.8. The van der Waals surface area contributed by atoms with Crippen molar-refractivity contribution in [3.05, 3.63) is 32.7 Å². The van der Waals surface area contributed by atoms with Crippen LogP contribution in [-0.4, -0.2) is 17.8 Å². The van der Waals surface area contributed by atoms with Crippen LogP contribution in [0, 0.1) is 5.92 Å². The number of aliphatic hydroxyl groups excluding tert-OH is 1. The first kappa shape index (κ1) is 17.2. The summed E-state index contributed by atoms with van der Waals surface area (Å²) >= 11 is 7.03. The lowest BCUT2D eigenvalue weighted by atomic mass is 9.96. The molecule has 1 aromatic carbocycles. The SMILES string of the molecule is CCC(CC)C(O)CNC(C)c1ccc(Br)cc1Br. The second-order valence-electron chi connectivity index (χ2n) is 4.94. The van der Waals surface area contributed by atoms with Gasteiger partial charge in [0.2, 0.25) is 0 Å². The fourth-order valence-electron chi connectivity index (χ4n) is 2.26. The number of nitrogens with one attached hydrogen (secondary N) is 1. The molecular formula is C15H23Br2NO. The third-order valence-corrected chi connectivity index (χ3v) is 4.84. The summed E-state index contributed by atoms with van der Waals surface area (Å²) in [7, 11) is 0. The zero-order valence-corrected chi connectivity index (χ0v) is 15.0. The first-order chi connectivity index (χ1) is 8.99. The molecule has 2 atom stereocenters. The normalized spacial score (nSPS) is 14.7. The summed E-state index contributed by atoms with van der Waals surface area (Å²) in [6, 6.07) is 6.39. The summed E-state index contributed by atoms with van der Waals surface area (Å²) in [6.45, 7) is 7.02. The number of aliphatic hydroxyl groups is 1. The van der Waals surface area contributed by atoms with Crippen molar-refractivity contribution in [2.45, 2.75) is 45.8 Å². The lowest BCUT2D eigenvalue weighted by molar-refractivity contribution is 0.0988. The highest BCUT2D eigenvalue weighted by molar-refractivity contribution is 9.11. The minimum atomic E-state index is -0.272. The topological polar surface area (TPSA) is 32.3 Å². The van der Waals surface area contributed by atoms with Gasteiger partial charge in [0.15, 0.2) is 0 Å². The Morgan fingerprint density at radius 1 is 1.21 bits per heavy atom. The monoisotopic (exact) mass is 391 g/mol. The fourth-order valence-corrected chi connectivity index (χ4v) is 3.65. The number of hydrogen-bond acceptors (Lipinski definition) is 2. The van der Waals surface area contributed by atoms with Gasteiger partial charge in [0.25, 0.3) is 0 Å². The Balaban J connectivity index is 2.57. The van der Waals surface area contributed by atoms with Crippen LogP contribution in [0.1, 0.15) is 45.2 Å². The van der Waals surface area contributed by atoms with Crippen molar-refractivity contribution in [3.8, 4) is 0 Å². The number of hydrogen-bond donors (Lipinski definition) is 2. The molecule has 0 aromatic heterocycles. The number of halogens is 2. The van der Waals surface area contributed by atoms with Gasteiger partial charge in [-0.2, -0.15) is 0 Å². The minimum absolute atomic E-state index is 0.214. The van der Waals surface area contributed by atoms with E-state index in [4.69, 9.17) is 0 Å². The third kappa shape index (κ3) is 5.18. The van der Waals surface area contributed by atoms with E-state index in [0.717, 1.165) is 21.8 Å². The molecule has 1 rings (SSSR count). The molecule has 2 unspecified atom stereocenters. The van der Waals surface area contributed by atoms with Crippen LogP contribution in [0.4, 0.5) is 0 Å². The van der Waals surface area contributed by atoms with Crippen LogP contribution in [-0.2, 0) is 0 Å². The lowest BCUT2D eigenvalue weighted by Gasteiger charge is -2.23. The van der Waals surface area contributed by atoms with Crippen molar-refractivity contribution in [2.75, 3.05) is 6.54 Å². The van der Waals surface area contributed by atoms with E-state index in [1.54, 1.807) is 0 Å². The maximum atomic E-state index is 10.1. The molecule has 0 spiro atoms. The van der Waals surface area contributed by atoms with Crippen molar-refractivity contribution in [2.24, 2.45) is 5.92 Å². The average Bonchev–Trinajstić information content (AvgIpc) is 2.37. The van der Waals surface area contributed by atoms with Gasteiger partial charge in [0, 0.05) is 21.5 Å². The van der Waals surface area contributed by atoms with E-state index in [9.17, 15) is 5.11 Å². The molecule has 0 saturated heterocycles. The van der Waals surface area contributed by atoms with E-state index in [0.29, 0.717) is 12.5 Å². The molecule has 0 aliphatic rings. The van der Waals surface area contributed by atoms with E-state index in [-0.39, 0.29) is 12.1 Å². The van der Waals surface area contributed by atoms with Gasteiger partial charge in [-0.1, -0.05) is 64.6 Å². The maximum absolute atomic E-state index is 10.1. The minimum Gasteiger partial charge on any atom is -0.392 e. The van der Waals surface area contributed by atoms with Gasteiger partial charge in [-0.25, -0.2) is 0 Å². The molecular weight excluding hydrogens is 370 g/mol. The first-order valence-electron chi connectivity index (χ1n) is 6.85. The second kappa shape index (κ2) is 8.40. The van der Waals surface area contributed by atoms with E-state index >= 15 is 0 Å². The Bertz CT molecular complexity index is 394. The van der Waals surface area contributed by atoms with E-state index in [1.165, 1.54) is 5.56 Å². The average molecular weight is 393 g/mol. The third-order valence-electron chi connectivity index (χ3n) is 3.66. The van der Waals surface area contributed by atoms with Crippen LogP contribution in [0.15, 0.2) is 27.1 Å². The Labute approximate surface area is 133 Å². The first-order valence-corrected chi connectivity index (χ1v) is 8.44. The second-order valence-corrected chi connectivity index (χ2v) is 6.71. The van der Waals surface area contributed by atoms with E-state index < -0.39 is 0 Å². The fraction of sp³-hybridized carbons (Fsp3) is 0.600. The zero-order chi connectivity index (χ0) is 14.4. The highest BCUT2D eigenvalue weighted by Crippen LogP contribution is 2.26. The van der Waals surface area contributed by atoms with E-state index in [1.807, 2.05) is 12.1 Å². The molecule has 0 aliphatic heterocycles.